The van der Waals surface area contributed by atoms with Crippen molar-refractivity contribution < 1.29 is 5.11 Å². The zero-order valence-corrected chi connectivity index (χ0v) is 11.9. The third-order valence-electron chi connectivity index (χ3n) is 3.61. The van der Waals surface area contributed by atoms with Gasteiger partial charge in [-0.1, -0.05) is 12.1 Å². The maximum atomic E-state index is 10.1. The van der Waals surface area contributed by atoms with E-state index in [1.165, 1.54) is 0 Å². The molecule has 0 radical (unpaired) electrons. The molecule has 1 aromatic heterocycles. The third-order valence-corrected chi connectivity index (χ3v) is 3.61. The summed E-state index contributed by atoms with van der Waals surface area (Å²) in [5, 5.41) is 13.4. The van der Waals surface area contributed by atoms with Crippen molar-refractivity contribution in [2.45, 2.75) is 25.2 Å². The van der Waals surface area contributed by atoms with Gasteiger partial charge in [-0.2, -0.15) is 0 Å². The fourth-order valence-corrected chi connectivity index (χ4v) is 2.27. The summed E-state index contributed by atoms with van der Waals surface area (Å²) in [6, 6.07) is 7.27. The molecule has 1 aliphatic rings. The van der Waals surface area contributed by atoms with E-state index in [4.69, 9.17) is 5.73 Å². The summed E-state index contributed by atoms with van der Waals surface area (Å²) in [5.74, 6) is 1.59. The summed E-state index contributed by atoms with van der Waals surface area (Å²) in [5.41, 5.74) is 7.87. The maximum absolute atomic E-state index is 10.1. The van der Waals surface area contributed by atoms with Crippen LogP contribution in [0.5, 0.6) is 5.75 Å². The number of aromatic hydroxyl groups is 1. The second-order valence-corrected chi connectivity index (χ2v) is 5.35. The molecule has 0 spiro atoms. The van der Waals surface area contributed by atoms with Crippen molar-refractivity contribution in [3.63, 3.8) is 0 Å². The fourth-order valence-electron chi connectivity index (χ4n) is 2.27. The molecule has 0 bridgehead atoms. The van der Waals surface area contributed by atoms with Crippen LogP contribution in [0.2, 0.25) is 0 Å². The van der Waals surface area contributed by atoms with E-state index in [9.17, 15) is 5.11 Å². The Balaban J connectivity index is 1.97. The molecule has 1 heterocycles. The van der Waals surface area contributed by atoms with Crippen LogP contribution in [0.1, 0.15) is 31.0 Å². The summed E-state index contributed by atoms with van der Waals surface area (Å²) in [7, 11) is 0. The van der Waals surface area contributed by atoms with Gasteiger partial charge in [-0.15, -0.1) is 0 Å². The molecule has 5 nitrogen and oxygen atoms in total. The Morgan fingerprint density at radius 2 is 2.10 bits per heavy atom. The molecule has 2 aromatic rings. The van der Waals surface area contributed by atoms with E-state index in [1.54, 1.807) is 6.07 Å². The normalized spacial score (nSPS) is 14.1. The van der Waals surface area contributed by atoms with Gasteiger partial charge in [0.2, 0.25) is 0 Å². The summed E-state index contributed by atoms with van der Waals surface area (Å²) in [4.78, 5) is 9.13. The van der Waals surface area contributed by atoms with Crippen molar-refractivity contribution >= 4 is 5.69 Å². The van der Waals surface area contributed by atoms with Crippen LogP contribution in [-0.4, -0.2) is 28.2 Å². The molecule has 1 fully saturated rings. The summed E-state index contributed by atoms with van der Waals surface area (Å²) in [6.07, 6.45) is 5.00. The van der Waals surface area contributed by atoms with Gasteiger partial charge in [0.05, 0.1) is 11.9 Å². The number of phenolic OH excluding ortho intramolecular Hbond substituents is 1. The molecule has 0 amide bonds. The highest BCUT2D eigenvalue weighted by Crippen LogP contribution is 2.40. The summed E-state index contributed by atoms with van der Waals surface area (Å²) in [6.45, 7) is 1.41. The number of hydrogen-bond acceptors (Lipinski definition) is 5. The average Bonchev–Trinajstić information content (AvgIpc) is 3.33. The van der Waals surface area contributed by atoms with Crippen molar-refractivity contribution in [1.82, 2.24) is 9.97 Å². The standard InChI is InChI=1S/C16H20N4O/c17-8-3-9-18-13-10-19-16(11-6-7-11)20-15(13)12-4-1-2-5-14(12)21/h1-2,4-5,10-11,18,21H,3,6-9,17H2. The molecule has 0 aliphatic heterocycles. The fraction of sp³-hybridized carbons (Fsp3) is 0.375. The summed E-state index contributed by atoms with van der Waals surface area (Å²) >= 11 is 0. The number of hydrogen-bond donors (Lipinski definition) is 3. The van der Waals surface area contributed by atoms with Crippen molar-refractivity contribution in [2.75, 3.05) is 18.4 Å². The molecule has 21 heavy (non-hydrogen) atoms. The average molecular weight is 284 g/mol. The van der Waals surface area contributed by atoms with Gasteiger partial charge >= 0.3 is 0 Å². The second kappa shape index (κ2) is 6.10. The van der Waals surface area contributed by atoms with Crippen LogP contribution in [0.3, 0.4) is 0 Å². The molecule has 5 heteroatoms. The third kappa shape index (κ3) is 3.13. The first-order valence-corrected chi connectivity index (χ1v) is 7.39. The van der Waals surface area contributed by atoms with Gasteiger partial charge in [-0.3, -0.25) is 0 Å². The van der Waals surface area contributed by atoms with Gasteiger partial charge in [0.15, 0.2) is 0 Å². The van der Waals surface area contributed by atoms with E-state index >= 15 is 0 Å². The first kappa shape index (κ1) is 13.8. The number of phenols is 1. The van der Waals surface area contributed by atoms with E-state index in [2.05, 4.69) is 15.3 Å². The Hall–Kier alpha value is -2.14. The minimum atomic E-state index is 0.236. The Bertz CT molecular complexity index is 625. The number of nitrogens with two attached hydrogens (primary N) is 1. The predicted octanol–water partition coefficient (Wildman–Crippen LogP) is 2.49. The molecule has 0 saturated heterocycles. The Labute approximate surface area is 124 Å². The first-order valence-electron chi connectivity index (χ1n) is 7.39. The van der Waals surface area contributed by atoms with Crippen LogP contribution in [-0.2, 0) is 0 Å². The SMILES string of the molecule is NCCCNc1cnc(C2CC2)nc1-c1ccccc1O. The van der Waals surface area contributed by atoms with Gasteiger partial charge < -0.3 is 16.2 Å². The van der Waals surface area contributed by atoms with Crippen LogP contribution < -0.4 is 11.1 Å². The molecule has 0 unspecified atom stereocenters. The van der Waals surface area contributed by atoms with Crippen molar-refractivity contribution in [3.05, 3.63) is 36.3 Å². The highest BCUT2D eigenvalue weighted by Gasteiger charge is 2.27. The molecule has 1 aliphatic carbocycles. The number of nitrogens with one attached hydrogen (secondary N) is 1. The number of para-hydroxylation sites is 1. The highest BCUT2D eigenvalue weighted by atomic mass is 16.3. The lowest BCUT2D eigenvalue weighted by Gasteiger charge is -2.13. The molecule has 0 atom stereocenters. The number of benzene rings is 1. The Kier molecular flexibility index (Phi) is 4.01. The lowest BCUT2D eigenvalue weighted by molar-refractivity contribution is 0.477. The topological polar surface area (TPSA) is 84.1 Å². The van der Waals surface area contributed by atoms with E-state index in [1.807, 2.05) is 24.4 Å². The number of rotatable bonds is 6. The number of aromatic nitrogens is 2. The predicted molar refractivity (Wildman–Crippen MR) is 83.3 cm³/mol. The van der Waals surface area contributed by atoms with Crippen LogP contribution in [0, 0.1) is 0 Å². The van der Waals surface area contributed by atoms with Crippen molar-refractivity contribution in [2.24, 2.45) is 5.73 Å². The minimum absolute atomic E-state index is 0.236. The van der Waals surface area contributed by atoms with Gasteiger partial charge in [0.25, 0.3) is 0 Å². The largest absolute Gasteiger partial charge is 0.507 e. The van der Waals surface area contributed by atoms with E-state index in [0.29, 0.717) is 12.5 Å². The molecule has 1 saturated carbocycles. The molecular formula is C16H20N4O. The Morgan fingerprint density at radius 1 is 1.29 bits per heavy atom. The zero-order chi connectivity index (χ0) is 14.7. The molecule has 1 aromatic carbocycles. The van der Waals surface area contributed by atoms with E-state index in [-0.39, 0.29) is 5.75 Å². The number of anilines is 1. The van der Waals surface area contributed by atoms with Gasteiger partial charge in [0.1, 0.15) is 17.3 Å². The van der Waals surface area contributed by atoms with Crippen LogP contribution in [0.4, 0.5) is 5.69 Å². The molecule has 4 N–H and O–H groups in total. The summed E-state index contributed by atoms with van der Waals surface area (Å²) < 4.78 is 0. The molecular weight excluding hydrogens is 264 g/mol. The van der Waals surface area contributed by atoms with Crippen LogP contribution in [0.15, 0.2) is 30.5 Å². The monoisotopic (exact) mass is 284 g/mol. The quantitative estimate of drug-likeness (QED) is 0.710. The second-order valence-electron chi connectivity index (χ2n) is 5.35. The lowest BCUT2D eigenvalue weighted by Crippen LogP contribution is -2.10. The van der Waals surface area contributed by atoms with Gasteiger partial charge in [0, 0.05) is 18.0 Å². The maximum Gasteiger partial charge on any atom is 0.132 e. The molecule has 3 rings (SSSR count). The Morgan fingerprint density at radius 3 is 2.81 bits per heavy atom. The van der Waals surface area contributed by atoms with Crippen LogP contribution in [0.25, 0.3) is 11.3 Å². The van der Waals surface area contributed by atoms with Crippen molar-refractivity contribution in [1.29, 1.82) is 0 Å². The molecule has 110 valence electrons. The van der Waals surface area contributed by atoms with E-state index in [0.717, 1.165) is 48.6 Å². The lowest BCUT2D eigenvalue weighted by atomic mass is 10.1. The van der Waals surface area contributed by atoms with Crippen molar-refractivity contribution in [3.8, 4) is 17.0 Å². The minimum Gasteiger partial charge on any atom is -0.507 e. The van der Waals surface area contributed by atoms with Gasteiger partial charge in [-0.05, 0) is 37.9 Å². The van der Waals surface area contributed by atoms with Crippen LogP contribution >= 0.6 is 0 Å². The number of nitrogens with zero attached hydrogens (tertiary/aromatic N) is 2. The smallest absolute Gasteiger partial charge is 0.132 e. The van der Waals surface area contributed by atoms with Gasteiger partial charge in [-0.25, -0.2) is 9.97 Å². The zero-order valence-electron chi connectivity index (χ0n) is 11.9. The van der Waals surface area contributed by atoms with E-state index < -0.39 is 0 Å². The highest BCUT2D eigenvalue weighted by molar-refractivity contribution is 5.77. The first-order chi connectivity index (χ1) is 10.3.